The molecular weight excluding hydrogens is 687 g/mol. The zero-order valence-corrected chi connectivity index (χ0v) is 27.7. The second-order valence-corrected chi connectivity index (χ2v) is 12.4. The summed E-state index contributed by atoms with van der Waals surface area (Å²) in [5.41, 5.74) is 2.86. The van der Waals surface area contributed by atoms with Gasteiger partial charge in [-0.1, -0.05) is 71.5 Å². The van der Waals surface area contributed by atoms with Crippen molar-refractivity contribution in [2.75, 3.05) is 13.2 Å². The first kappa shape index (κ1) is 31.8. The Morgan fingerprint density at radius 2 is 1.89 bits per heavy atom. The molecule has 5 rings (SSSR count). The van der Waals surface area contributed by atoms with Crippen molar-refractivity contribution in [3.63, 3.8) is 0 Å². The lowest BCUT2D eigenvalue weighted by molar-refractivity contribution is -0.139. The van der Waals surface area contributed by atoms with Gasteiger partial charge in [-0.25, -0.2) is 9.79 Å². The highest BCUT2D eigenvalue weighted by molar-refractivity contribution is 9.10. The fourth-order valence-electron chi connectivity index (χ4n) is 4.68. The smallest absolute Gasteiger partial charge is 0.338 e. The molecule has 3 aromatic carbocycles. The number of carbonyl (C=O) groups excluding carboxylic acids is 1. The molecule has 1 aliphatic rings. The molecule has 0 saturated carbocycles. The van der Waals surface area contributed by atoms with Crippen molar-refractivity contribution < 1.29 is 19.0 Å². The van der Waals surface area contributed by atoms with E-state index in [-0.39, 0.29) is 18.8 Å². The minimum Gasteiger partial charge on any atom is -0.490 e. The number of allylic oxidation sites excluding steroid dienone is 1. The molecule has 0 radical (unpaired) electrons. The van der Waals surface area contributed by atoms with Gasteiger partial charge in [0, 0.05) is 15.6 Å². The van der Waals surface area contributed by atoms with E-state index in [2.05, 4.69) is 27.5 Å². The Morgan fingerprint density at radius 1 is 1.11 bits per heavy atom. The maximum atomic E-state index is 13.9. The highest BCUT2D eigenvalue weighted by Crippen LogP contribution is 2.32. The van der Waals surface area contributed by atoms with Crippen LogP contribution in [0.15, 0.2) is 98.8 Å². The summed E-state index contributed by atoms with van der Waals surface area (Å²) in [4.78, 5) is 32.2. The molecule has 44 heavy (non-hydrogen) atoms. The molecule has 0 fully saturated rings. The maximum absolute atomic E-state index is 13.9. The lowest BCUT2D eigenvalue weighted by atomic mass is 9.96. The number of ether oxygens (including phenoxy) is 3. The van der Waals surface area contributed by atoms with Crippen LogP contribution in [0.25, 0.3) is 6.08 Å². The third-order valence-corrected chi connectivity index (χ3v) is 8.92. The Morgan fingerprint density at radius 3 is 2.57 bits per heavy atom. The number of fused-ring (bicyclic) bond motifs is 1. The lowest BCUT2D eigenvalue weighted by Crippen LogP contribution is -2.39. The van der Waals surface area contributed by atoms with Crippen LogP contribution in [0.2, 0.25) is 10.0 Å². The van der Waals surface area contributed by atoms with Crippen LogP contribution in [0.4, 0.5) is 0 Å². The first-order valence-corrected chi connectivity index (χ1v) is 16.0. The molecular formula is C33H27BrCl2N2O5S. The average molecular weight is 714 g/mol. The Balaban J connectivity index is 1.50. The Bertz CT molecular complexity index is 1950. The van der Waals surface area contributed by atoms with Gasteiger partial charge in [-0.3, -0.25) is 9.36 Å². The van der Waals surface area contributed by atoms with Crippen molar-refractivity contribution in [3.05, 3.63) is 135 Å². The van der Waals surface area contributed by atoms with Gasteiger partial charge in [0.1, 0.15) is 24.7 Å². The molecule has 0 N–H and O–H groups in total. The number of rotatable bonds is 10. The predicted molar refractivity (Wildman–Crippen MR) is 177 cm³/mol. The van der Waals surface area contributed by atoms with Gasteiger partial charge < -0.3 is 14.2 Å². The van der Waals surface area contributed by atoms with E-state index in [9.17, 15) is 9.59 Å². The fraction of sp³-hybridized carbons (Fsp3) is 0.182. The summed E-state index contributed by atoms with van der Waals surface area (Å²) in [5.74, 6) is 0.748. The highest BCUT2D eigenvalue weighted by Gasteiger charge is 2.33. The summed E-state index contributed by atoms with van der Waals surface area (Å²) in [6.45, 7) is 7.99. The van der Waals surface area contributed by atoms with Crippen molar-refractivity contribution in [1.29, 1.82) is 0 Å². The maximum Gasteiger partial charge on any atom is 0.338 e. The van der Waals surface area contributed by atoms with Gasteiger partial charge in [-0.2, -0.15) is 0 Å². The Kier molecular flexibility index (Phi) is 10.1. The fourth-order valence-corrected chi connectivity index (χ4v) is 6.70. The third kappa shape index (κ3) is 6.86. The molecule has 1 aliphatic heterocycles. The summed E-state index contributed by atoms with van der Waals surface area (Å²) in [6.07, 6.45) is 3.45. The first-order chi connectivity index (χ1) is 21.2. The summed E-state index contributed by atoms with van der Waals surface area (Å²) in [5, 5.41) is 1.08. The van der Waals surface area contributed by atoms with Gasteiger partial charge in [0.25, 0.3) is 5.56 Å². The number of aromatic nitrogens is 1. The number of carbonyl (C=O) groups is 1. The van der Waals surface area contributed by atoms with Crippen LogP contribution in [-0.4, -0.2) is 23.8 Å². The normalized spacial score (nSPS) is 14.6. The highest BCUT2D eigenvalue weighted by atomic mass is 79.9. The van der Waals surface area contributed by atoms with E-state index in [1.165, 1.54) is 11.3 Å². The zero-order chi connectivity index (χ0) is 31.4. The van der Waals surface area contributed by atoms with Gasteiger partial charge in [0.2, 0.25) is 0 Å². The van der Waals surface area contributed by atoms with Crippen molar-refractivity contribution in [3.8, 4) is 11.5 Å². The minimum absolute atomic E-state index is 0.197. The summed E-state index contributed by atoms with van der Waals surface area (Å²) < 4.78 is 19.7. The van der Waals surface area contributed by atoms with Crippen LogP contribution in [0.1, 0.15) is 36.6 Å². The van der Waals surface area contributed by atoms with E-state index < -0.39 is 12.0 Å². The zero-order valence-electron chi connectivity index (χ0n) is 23.8. The number of hydrogen-bond donors (Lipinski definition) is 0. The molecule has 1 aromatic heterocycles. The van der Waals surface area contributed by atoms with Crippen LogP contribution < -0.4 is 24.4 Å². The van der Waals surface area contributed by atoms with Gasteiger partial charge in [0.05, 0.1) is 32.9 Å². The van der Waals surface area contributed by atoms with Crippen molar-refractivity contribution in [1.82, 2.24) is 4.57 Å². The summed E-state index contributed by atoms with van der Waals surface area (Å²) in [7, 11) is 0. The molecule has 11 heteroatoms. The van der Waals surface area contributed by atoms with Crippen LogP contribution in [-0.2, 0) is 16.1 Å². The molecule has 4 aromatic rings. The monoisotopic (exact) mass is 712 g/mol. The standard InChI is InChI=1S/C33H27BrCl2N2O5S/c1-4-14-42-24-11-8-21(9-12-24)30-29(32(40)41-5-2)19(3)37-33-38(30)31(39)28(44-33)16-20-6-13-27(25(34)15-20)43-18-22-7-10-23(35)17-26(22)36/h4,6-13,15-17,30H,1,5,14,18H2,2-3H3/b28-16-/t30-/m0/s1. The second kappa shape index (κ2) is 14.0. The van der Waals surface area contributed by atoms with Crippen LogP contribution in [0, 0.1) is 0 Å². The van der Waals surface area contributed by atoms with Gasteiger partial charge in [0.15, 0.2) is 4.80 Å². The summed E-state index contributed by atoms with van der Waals surface area (Å²) >= 11 is 17.1. The number of thiazole rings is 1. The first-order valence-electron chi connectivity index (χ1n) is 13.6. The van der Waals surface area contributed by atoms with E-state index in [0.29, 0.717) is 53.2 Å². The van der Waals surface area contributed by atoms with E-state index in [0.717, 1.165) is 16.7 Å². The molecule has 0 bridgehead atoms. The van der Waals surface area contributed by atoms with Crippen LogP contribution in [0.3, 0.4) is 0 Å². The molecule has 226 valence electrons. The van der Waals surface area contributed by atoms with Gasteiger partial charge in [-0.05, 0) is 83.4 Å². The number of halogens is 3. The lowest BCUT2D eigenvalue weighted by Gasteiger charge is -2.24. The SMILES string of the molecule is C=CCOc1ccc([C@H]2C(C(=O)OCC)=C(C)N=c3s/c(=C\c4ccc(OCc5ccc(Cl)cc5Cl)c(Br)c4)c(=O)n32)cc1. The average Bonchev–Trinajstić information content (AvgIpc) is 3.29. The quantitative estimate of drug-likeness (QED) is 0.131. The Hall–Kier alpha value is -3.63. The largest absolute Gasteiger partial charge is 0.490 e. The summed E-state index contributed by atoms with van der Waals surface area (Å²) in [6, 6.07) is 17.4. The Labute approximate surface area is 276 Å². The van der Waals surface area contributed by atoms with Crippen molar-refractivity contribution in [2.24, 2.45) is 4.99 Å². The topological polar surface area (TPSA) is 79.1 Å². The molecule has 0 aliphatic carbocycles. The van der Waals surface area contributed by atoms with Gasteiger partial charge >= 0.3 is 5.97 Å². The molecule has 1 atom stereocenters. The molecule has 7 nitrogen and oxygen atoms in total. The van der Waals surface area contributed by atoms with Crippen molar-refractivity contribution >= 4 is 62.5 Å². The van der Waals surface area contributed by atoms with E-state index in [1.54, 1.807) is 54.8 Å². The van der Waals surface area contributed by atoms with Gasteiger partial charge in [-0.15, -0.1) is 0 Å². The van der Waals surface area contributed by atoms with E-state index in [1.807, 2.05) is 36.4 Å². The van der Waals surface area contributed by atoms with E-state index >= 15 is 0 Å². The second-order valence-electron chi connectivity index (χ2n) is 9.69. The molecule has 0 unspecified atom stereocenters. The van der Waals surface area contributed by atoms with Crippen LogP contribution >= 0.6 is 50.5 Å². The number of benzene rings is 3. The number of esters is 1. The third-order valence-electron chi connectivity index (χ3n) is 6.73. The minimum atomic E-state index is -0.719. The predicted octanol–water partition coefficient (Wildman–Crippen LogP) is 7.01. The number of nitrogens with zero attached hydrogens (tertiary/aromatic N) is 2. The molecule has 2 heterocycles. The van der Waals surface area contributed by atoms with E-state index in [4.69, 9.17) is 37.4 Å². The molecule has 0 spiro atoms. The number of hydrogen-bond acceptors (Lipinski definition) is 7. The molecule has 0 amide bonds. The van der Waals surface area contributed by atoms with Crippen LogP contribution in [0.5, 0.6) is 11.5 Å². The van der Waals surface area contributed by atoms with Crippen molar-refractivity contribution in [2.45, 2.75) is 26.5 Å². The molecule has 0 saturated heterocycles.